The maximum atomic E-state index is 5.76. The van der Waals surface area contributed by atoms with Gasteiger partial charge in [-0.2, -0.15) is 0 Å². The predicted octanol–water partition coefficient (Wildman–Crippen LogP) is 5.27. The lowest BCUT2D eigenvalue weighted by atomic mass is 10.1. The topological polar surface area (TPSA) is 9.23 Å². The molecule has 96 valence electrons. The Morgan fingerprint density at radius 2 is 1.78 bits per heavy atom. The highest BCUT2D eigenvalue weighted by Crippen LogP contribution is 2.18. The van der Waals surface area contributed by atoms with Crippen molar-refractivity contribution in [3.05, 3.63) is 66.0 Å². The molecule has 0 saturated carbocycles. The van der Waals surface area contributed by atoms with E-state index in [1.807, 2.05) is 56.3 Å². The van der Waals surface area contributed by atoms with Crippen LogP contribution in [0.1, 0.15) is 33.6 Å². The molecule has 0 radical (unpaired) electrons. The molecule has 1 heteroatoms. The Kier molecular flexibility index (Phi) is 6.63. The average Bonchev–Trinajstić information content (AvgIpc) is 2.67. The Labute approximate surface area is 110 Å². The normalized spacial score (nSPS) is 13.7. The largest absolute Gasteiger partial charge is 0.457 e. The van der Waals surface area contributed by atoms with Gasteiger partial charge in [0.1, 0.15) is 11.5 Å². The fourth-order valence-electron chi connectivity index (χ4n) is 1.60. The van der Waals surface area contributed by atoms with Gasteiger partial charge in [-0.1, -0.05) is 56.7 Å². The van der Waals surface area contributed by atoms with Crippen LogP contribution in [0, 0.1) is 0 Å². The average molecular weight is 242 g/mol. The van der Waals surface area contributed by atoms with Crippen molar-refractivity contribution in [3.63, 3.8) is 0 Å². The van der Waals surface area contributed by atoms with Gasteiger partial charge in [-0.05, 0) is 37.1 Å². The highest BCUT2D eigenvalue weighted by Gasteiger charge is 1.99. The van der Waals surface area contributed by atoms with Crippen LogP contribution in [0.15, 0.2) is 66.0 Å². The van der Waals surface area contributed by atoms with Gasteiger partial charge in [0.05, 0.1) is 0 Å². The molecule has 1 aromatic rings. The number of hydrogen-bond donors (Lipinski definition) is 0. The number of benzene rings is 1. The Hall–Kier alpha value is -1.76. The second kappa shape index (κ2) is 8.35. The maximum absolute atomic E-state index is 5.76. The highest BCUT2D eigenvalue weighted by atomic mass is 16.5. The lowest BCUT2D eigenvalue weighted by Crippen LogP contribution is -1.90. The van der Waals surface area contributed by atoms with Gasteiger partial charge in [0.25, 0.3) is 0 Å². The lowest BCUT2D eigenvalue weighted by molar-refractivity contribution is 0.444. The molecule has 18 heavy (non-hydrogen) atoms. The van der Waals surface area contributed by atoms with Crippen LogP contribution in [0.25, 0.3) is 0 Å². The van der Waals surface area contributed by atoms with Gasteiger partial charge >= 0.3 is 0 Å². The first-order valence-corrected chi connectivity index (χ1v) is 6.67. The zero-order chi connectivity index (χ0) is 13.2. The standard InChI is InChI=1S/C15H16O.C2H6/c1-2-13-7-6-10-15(12-11-13)16-14-8-4-3-5-9-14;1-2/h3-6,8-12H,2,7H2,1H3;1-2H3. The van der Waals surface area contributed by atoms with E-state index >= 15 is 0 Å². The van der Waals surface area contributed by atoms with Gasteiger partial charge in [-0.3, -0.25) is 0 Å². The summed E-state index contributed by atoms with van der Waals surface area (Å²) in [5.41, 5.74) is 1.43. The van der Waals surface area contributed by atoms with Crippen molar-refractivity contribution < 1.29 is 4.74 Å². The number of allylic oxidation sites excluding steroid dienone is 5. The molecule has 0 heterocycles. The molecule has 1 aromatic carbocycles. The molecule has 0 unspecified atom stereocenters. The quantitative estimate of drug-likeness (QED) is 0.701. The minimum absolute atomic E-state index is 0.881. The fraction of sp³-hybridized carbons (Fsp3) is 0.294. The van der Waals surface area contributed by atoms with E-state index in [4.69, 9.17) is 4.74 Å². The van der Waals surface area contributed by atoms with Crippen LogP contribution in [-0.2, 0) is 0 Å². The molecule has 0 amide bonds. The molecule has 0 spiro atoms. The predicted molar refractivity (Wildman–Crippen MR) is 78.6 cm³/mol. The summed E-state index contributed by atoms with van der Waals surface area (Å²) in [6.07, 6.45) is 10.5. The lowest BCUT2D eigenvalue weighted by Gasteiger charge is -2.04. The molecule has 0 aliphatic heterocycles. The molecule has 2 rings (SSSR count). The Balaban J connectivity index is 0.000000771. The van der Waals surface area contributed by atoms with Crippen LogP contribution >= 0.6 is 0 Å². The van der Waals surface area contributed by atoms with Gasteiger partial charge in [-0.15, -0.1) is 0 Å². The van der Waals surface area contributed by atoms with Gasteiger partial charge in [0, 0.05) is 0 Å². The second-order valence-corrected chi connectivity index (χ2v) is 3.77. The van der Waals surface area contributed by atoms with Crippen molar-refractivity contribution in [2.45, 2.75) is 33.6 Å². The first-order chi connectivity index (χ1) is 8.88. The van der Waals surface area contributed by atoms with Crippen LogP contribution in [-0.4, -0.2) is 0 Å². The molecule has 0 atom stereocenters. The SMILES string of the molecule is CC.CCC1=CC=C(Oc2ccccc2)C=CC1. The van der Waals surface area contributed by atoms with Crippen LogP contribution in [0.3, 0.4) is 0 Å². The molecule has 0 bridgehead atoms. The van der Waals surface area contributed by atoms with E-state index in [9.17, 15) is 0 Å². The molecular formula is C17H22O. The summed E-state index contributed by atoms with van der Waals surface area (Å²) in [5, 5.41) is 0. The summed E-state index contributed by atoms with van der Waals surface area (Å²) in [5.74, 6) is 1.78. The van der Waals surface area contributed by atoms with E-state index in [1.165, 1.54) is 5.57 Å². The van der Waals surface area contributed by atoms with Gasteiger partial charge in [0.2, 0.25) is 0 Å². The van der Waals surface area contributed by atoms with Crippen molar-refractivity contribution >= 4 is 0 Å². The van der Waals surface area contributed by atoms with Gasteiger partial charge in [-0.25, -0.2) is 0 Å². The minimum Gasteiger partial charge on any atom is -0.457 e. The van der Waals surface area contributed by atoms with E-state index in [2.05, 4.69) is 19.1 Å². The fourth-order valence-corrected chi connectivity index (χ4v) is 1.60. The first kappa shape index (κ1) is 14.3. The van der Waals surface area contributed by atoms with Crippen LogP contribution in [0.5, 0.6) is 5.75 Å². The van der Waals surface area contributed by atoms with Crippen LogP contribution in [0.4, 0.5) is 0 Å². The number of rotatable bonds is 3. The van der Waals surface area contributed by atoms with Crippen LogP contribution < -0.4 is 4.74 Å². The smallest absolute Gasteiger partial charge is 0.127 e. The van der Waals surface area contributed by atoms with Crippen molar-refractivity contribution in [2.24, 2.45) is 0 Å². The number of hydrogen-bond acceptors (Lipinski definition) is 1. The van der Waals surface area contributed by atoms with Crippen molar-refractivity contribution in [2.75, 3.05) is 0 Å². The van der Waals surface area contributed by atoms with E-state index in [-0.39, 0.29) is 0 Å². The molecule has 1 aliphatic rings. The summed E-state index contributed by atoms with van der Waals surface area (Å²) in [7, 11) is 0. The zero-order valence-corrected chi connectivity index (χ0v) is 11.5. The van der Waals surface area contributed by atoms with E-state index in [1.54, 1.807) is 0 Å². The first-order valence-electron chi connectivity index (χ1n) is 6.67. The van der Waals surface area contributed by atoms with Crippen molar-refractivity contribution in [1.29, 1.82) is 0 Å². The Morgan fingerprint density at radius 3 is 2.44 bits per heavy atom. The zero-order valence-electron chi connectivity index (χ0n) is 11.5. The monoisotopic (exact) mass is 242 g/mol. The maximum Gasteiger partial charge on any atom is 0.127 e. The number of ether oxygens (including phenoxy) is 1. The summed E-state index contributed by atoms with van der Waals surface area (Å²) < 4.78 is 5.76. The summed E-state index contributed by atoms with van der Waals surface area (Å²) in [6.45, 7) is 6.18. The van der Waals surface area contributed by atoms with Crippen LogP contribution in [0.2, 0.25) is 0 Å². The Morgan fingerprint density at radius 1 is 1.06 bits per heavy atom. The molecule has 0 N–H and O–H groups in total. The summed E-state index contributed by atoms with van der Waals surface area (Å²) in [4.78, 5) is 0. The van der Waals surface area contributed by atoms with E-state index in [0.717, 1.165) is 24.4 Å². The van der Waals surface area contributed by atoms with Crippen molar-refractivity contribution in [3.8, 4) is 5.75 Å². The van der Waals surface area contributed by atoms with Gasteiger partial charge in [0.15, 0.2) is 0 Å². The second-order valence-electron chi connectivity index (χ2n) is 3.77. The molecule has 0 fully saturated rings. The molecule has 1 nitrogen and oxygen atoms in total. The highest BCUT2D eigenvalue weighted by molar-refractivity contribution is 5.31. The third-order valence-corrected chi connectivity index (χ3v) is 2.58. The number of para-hydroxylation sites is 1. The third kappa shape index (κ3) is 4.62. The van der Waals surface area contributed by atoms with E-state index in [0.29, 0.717) is 0 Å². The van der Waals surface area contributed by atoms with Gasteiger partial charge < -0.3 is 4.74 Å². The molecule has 1 aliphatic carbocycles. The summed E-state index contributed by atoms with van der Waals surface area (Å²) >= 11 is 0. The van der Waals surface area contributed by atoms with E-state index < -0.39 is 0 Å². The molecule has 0 saturated heterocycles. The molecular weight excluding hydrogens is 220 g/mol. The summed E-state index contributed by atoms with van der Waals surface area (Å²) in [6, 6.07) is 9.86. The minimum atomic E-state index is 0.881. The third-order valence-electron chi connectivity index (χ3n) is 2.58. The van der Waals surface area contributed by atoms with Crippen molar-refractivity contribution in [1.82, 2.24) is 0 Å². The Bertz CT molecular complexity index is 424. The molecule has 0 aromatic heterocycles.